The van der Waals surface area contributed by atoms with Gasteiger partial charge in [-0.05, 0) is 31.5 Å². The van der Waals surface area contributed by atoms with E-state index in [-0.39, 0.29) is 17.9 Å². The minimum atomic E-state index is -0.00984. The summed E-state index contributed by atoms with van der Waals surface area (Å²) in [5, 5.41) is 4.80. The summed E-state index contributed by atoms with van der Waals surface area (Å²) in [5.74, 6) is 0.0253. The van der Waals surface area contributed by atoms with Gasteiger partial charge in [-0.15, -0.1) is 0 Å². The van der Waals surface area contributed by atoms with Crippen LogP contribution in [0.4, 0.5) is 0 Å². The molecule has 6 heteroatoms. The molecule has 0 N–H and O–H groups in total. The Morgan fingerprint density at radius 1 is 1.24 bits per heavy atom. The van der Waals surface area contributed by atoms with Crippen molar-refractivity contribution in [3.8, 4) is 0 Å². The highest BCUT2D eigenvalue weighted by Gasteiger charge is 2.13. The molecule has 0 fully saturated rings. The van der Waals surface area contributed by atoms with Crippen LogP contribution in [0.5, 0.6) is 0 Å². The first-order valence-electron chi connectivity index (χ1n) is 8.37. The largest absolute Gasteiger partial charge is 0.344 e. The molecule has 2 aromatic heterocycles. The van der Waals surface area contributed by atoms with Crippen LogP contribution in [-0.4, -0.2) is 38.7 Å². The molecule has 0 aliphatic rings. The van der Waals surface area contributed by atoms with Crippen molar-refractivity contribution in [1.82, 2.24) is 19.2 Å². The van der Waals surface area contributed by atoms with E-state index in [1.54, 1.807) is 23.2 Å². The maximum atomic E-state index is 12.6. The third-order valence-electron chi connectivity index (χ3n) is 4.39. The maximum absolute atomic E-state index is 12.6. The number of rotatable bonds is 6. The topological polar surface area (TPSA) is 60.1 Å². The number of aromatic nitrogens is 3. The van der Waals surface area contributed by atoms with Crippen molar-refractivity contribution < 1.29 is 4.79 Å². The van der Waals surface area contributed by atoms with Gasteiger partial charge < -0.3 is 9.47 Å². The zero-order valence-electron chi connectivity index (χ0n) is 14.6. The minimum Gasteiger partial charge on any atom is -0.344 e. The molecule has 0 saturated carbocycles. The van der Waals surface area contributed by atoms with Crippen molar-refractivity contribution in [3.05, 3.63) is 64.7 Å². The Hall–Kier alpha value is -2.89. The van der Waals surface area contributed by atoms with E-state index in [0.717, 1.165) is 24.2 Å². The Morgan fingerprint density at radius 2 is 2.04 bits per heavy atom. The molecule has 6 nitrogen and oxygen atoms in total. The van der Waals surface area contributed by atoms with E-state index < -0.39 is 0 Å². The van der Waals surface area contributed by atoms with Gasteiger partial charge in [0.2, 0.25) is 5.91 Å². The van der Waals surface area contributed by atoms with Gasteiger partial charge in [-0.2, -0.15) is 5.10 Å². The van der Waals surface area contributed by atoms with Crippen LogP contribution in [0.1, 0.15) is 12.1 Å². The van der Waals surface area contributed by atoms with Crippen LogP contribution in [0.25, 0.3) is 10.9 Å². The molecule has 0 aliphatic carbocycles. The normalized spacial score (nSPS) is 11.0. The second-order valence-electron chi connectivity index (χ2n) is 6.19. The van der Waals surface area contributed by atoms with Crippen molar-refractivity contribution in [3.63, 3.8) is 0 Å². The average Bonchev–Trinajstić information content (AvgIpc) is 3.11. The van der Waals surface area contributed by atoms with Gasteiger partial charge in [0.15, 0.2) is 5.43 Å². The fourth-order valence-corrected chi connectivity index (χ4v) is 2.95. The first-order valence-corrected chi connectivity index (χ1v) is 8.37. The highest BCUT2D eigenvalue weighted by molar-refractivity contribution is 5.82. The molecule has 0 atom stereocenters. The fraction of sp³-hybridized carbons (Fsp3) is 0.316. The molecule has 1 amide bonds. The molecule has 1 aromatic carbocycles. The molecule has 0 spiro atoms. The summed E-state index contributed by atoms with van der Waals surface area (Å²) < 4.78 is 3.76. The molecule has 2 heterocycles. The number of benzene rings is 1. The fourth-order valence-electron chi connectivity index (χ4n) is 2.95. The van der Waals surface area contributed by atoms with E-state index in [1.807, 2.05) is 53.7 Å². The number of aryl methyl sites for hydroxylation is 2. The van der Waals surface area contributed by atoms with Gasteiger partial charge in [-0.3, -0.25) is 14.3 Å². The molecule has 3 aromatic rings. The van der Waals surface area contributed by atoms with Crippen molar-refractivity contribution >= 4 is 16.8 Å². The van der Waals surface area contributed by atoms with Gasteiger partial charge in [-0.1, -0.05) is 12.1 Å². The number of carbonyl (C=O) groups excluding carboxylic acids is 1. The molecule has 0 radical (unpaired) electrons. The van der Waals surface area contributed by atoms with Crippen molar-refractivity contribution in [2.24, 2.45) is 0 Å². The molecule has 0 saturated heterocycles. The number of likely N-dealkylation sites (N-methyl/N-ethyl adjacent to an activating group) is 1. The zero-order chi connectivity index (χ0) is 17.8. The van der Waals surface area contributed by atoms with Crippen molar-refractivity contribution in [2.45, 2.75) is 26.4 Å². The van der Waals surface area contributed by atoms with Crippen LogP contribution in [0, 0.1) is 6.92 Å². The number of hydrogen-bond donors (Lipinski definition) is 0. The lowest BCUT2D eigenvalue weighted by atomic mass is 10.2. The van der Waals surface area contributed by atoms with Crippen LogP contribution in [0.3, 0.4) is 0 Å². The van der Waals surface area contributed by atoms with E-state index in [2.05, 4.69) is 5.10 Å². The van der Waals surface area contributed by atoms with Crippen molar-refractivity contribution in [1.29, 1.82) is 0 Å². The number of carbonyl (C=O) groups is 1. The van der Waals surface area contributed by atoms with Gasteiger partial charge in [0.05, 0.1) is 5.52 Å². The molecular formula is C19H22N4O2. The predicted octanol–water partition coefficient (Wildman–Crippen LogP) is 2.06. The minimum absolute atomic E-state index is 0.00984. The summed E-state index contributed by atoms with van der Waals surface area (Å²) in [7, 11) is 1.81. The molecule has 0 bridgehead atoms. The summed E-state index contributed by atoms with van der Waals surface area (Å²) in [5.41, 5.74) is 1.58. The van der Waals surface area contributed by atoms with Crippen LogP contribution < -0.4 is 5.43 Å². The third kappa shape index (κ3) is 3.79. The molecule has 130 valence electrons. The van der Waals surface area contributed by atoms with E-state index >= 15 is 0 Å². The zero-order valence-corrected chi connectivity index (χ0v) is 14.6. The average molecular weight is 338 g/mol. The molecule has 25 heavy (non-hydrogen) atoms. The summed E-state index contributed by atoms with van der Waals surface area (Å²) in [4.78, 5) is 26.4. The quantitative estimate of drug-likeness (QED) is 0.691. The predicted molar refractivity (Wildman–Crippen MR) is 97.4 cm³/mol. The first kappa shape index (κ1) is 17.0. The highest BCUT2D eigenvalue weighted by Crippen LogP contribution is 2.13. The summed E-state index contributed by atoms with van der Waals surface area (Å²) >= 11 is 0. The Labute approximate surface area is 146 Å². The van der Waals surface area contributed by atoms with Gasteiger partial charge in [0.25, 0.3) is 0 Å². The molecular weight excluding hydrogens is 316 g/mol. The number of nitrogens with zero attached hydrogens (tertiary/aromatic N) is 4. The molecule has 3 rings (SSSR count). The number of hydrogen-bond acceptors (Lipinski definition) is 3. The summed E-state index contributed by atoms with van der Waals surface area (Å²) in [6.45, 7) is 3.53. The van der Waals surface area contributed by atoms with E-state index in [4.69, 9.17) is 0 Å². The number of fused-ring (bicyclic) bond motifs is 1. The summed E-state index contributed by atoms with van der Waals surface area (Å²) in [6, 6.07) is 10.9. The Morgan fingerprint density at radius 3 is 2.80 bits per heavy atom. The molecule has 0 aliphatic heterocycles. The molecule has 0 unspecified atom stereocenters. The standard InChI is InChI=1S/C19H22N4O2/c1-15-13-18(24)16-7-3-4-8-17(16)23(15)14-19(25)21(2)10-6-12-22-11-5-9-20-22/h3-5,7-9,11,13H,6,10,12,14H2,1-2H3. The van der Waals surface area contributed by atoms with E-state index in [0.29, 0.717) is 11.9 Å². The van der Waals surface area contributed by atoms with Gasteiger partial charge >= 0.3 is 0 Å². The lowest BCUT2D eigenvalue weighted by Crippen LogP contribution is -2.32. The van der Waals surface area contributed by atoms with Crippen LogP contribution in [0.2, 0.25) is 0 Å². The van der Waals surface area contributed by atoms with Crippen LogP contribution in [0.15, 0.2) is 53.6 Å². The van der Waals surface area contributed by atoms with Crippen LogP contribution in [-0.2, 0) is 17.9 Å². The smallest absolute Gasteiger partial charge is 0.242 e. The summed E-state index contributed by atoms with van der Waals surface area (Å²) in [6.07, 6.45) is 4.50. The van der Waals surface area contributed by atoms with Gasteiger partial charge in [0.1, 0.15) is 6.54 Å². The Balaban J connectivity index is 1.70. The third-order valence-corrected chi connectivity index (χ3v) is 4.39. The SMILES string of the molecule is Cc1cc(=O)c2ccccc2n1CC(=O)N(C)CCCn1cccn1. The number of pyridine rings is 1. The maximum Gasteiger partial charge on any atom is 0.242 e. The number of para-hydroxylation sites is 1. The second kappa shape index (κ2) is 7.34. The number of amides is 1. The Kier molecular flexibility index (Phi) is 4.97. The highest BCUT2D eigenvalue weighted by atomic mass is 16.2. The van der Waals surface area contributed by atoms with E-state index in [1.165, 1.54) is 0 Å². The monoisotopic (exact) mass is 338 g/mol. The Bertz CT molecular complexity index is 928. The van der Waals surface area contributed by atoms with Crippen molar-refractivity contribution in [2.75, 3.05) is 13.6 Å². The lowest BCUT2D eigenvalue weighted by Gasteiger charge is -2.20. The van der Waals surface area contributed by atoms with E-state index in [9.17, 15) is 9.59 Å². The first-order chi connectivity index (χ1) is 12.1. The lowest BCUT2D eigenvalue weighted by molar-refractivity contribution is -0.130. The second-order valence-corrected chi connectivity index (χ2v) is 6.19. The van der Waals surface area contributed by atoms with Gasteiger partial charge in [-0.25, -0.2) is 0 Å². The van der Waals surface area contributed by atoms with Gasteiger partial charge in [0, 0.05) is 49.7 Å². The van der Waals surface area contributed by atoms with Crippen LogP contribution >= 0.6 is 0 Å².